The molecule has 3 aromatic rings. The van der Waals surface area contributed by atoms with Crippen LogP contribution in [0.15, 0.2) is 36.7 Å². The van der Waals surface area contributed by atoms with Gasteiger partial charge >= 0.3 is 0 Å². The van der Waals surface area contributed by atoms with Crippen molar-refractivity contribution in [2.24, 2.45) is 0 Å². The first-order valence-electron chi connectivity index (χ1n) is 9.83. The molecule has 28 heavy (non-hydrogen) atoms. The molecule has 1 aliphatic rings. The first-order valence-corrected chi connectivity index (χ1v) is 9.83. The highest BCUT2D eigenvalue weighted by atomic mass is 16.5. The van der Waals surface area contributed by atoms with Gasteiger partial charge < -0.3 is 20.1 Å². The smallest absolute Gasteiger partial charge is 0.145 e. The van der Waals surface area contributed by atoms with E-state index in [1.165, 1.54) is 16.3 Å². The topological polar surface area (TPSA) is 60.3 Å². The minimum Gasteiger partial charge on any atom is -0.494 e. The Hall–Kier alpha value is -2.57. The Labute approximate surface area is 165 Å². The van der Waals surface area contributed by atoms with E-state index in [1.54, 1.807) is 7.11 Å². The minimum atomic E-state index is 0.507. The Balaban J connectivity index is 1.86. The highest BCUT2D eigenvalue weighted by molar-refractivity contribution is 5.93. The number of aromatic nitrogens is 2. The SMILES string of the molecule is CNCc1cnn(-c2cc3cc(NC)cc(C4CCOCC4)c3cc2OC)c1. The van der Waals surface area contributed by atoms with Gasteiger partial charge in [0.1, 0.15) is 11.4 Å². The van der Waals surface area contributed by atoms with Crippen molar-refractivity contribution in [3.8, 4) is 11.4 Å². The molecule has 2 aromatic carbocycles. The summed E-state index contributed by atoms with van der Waals surface area (Å²) in [5, 5.41) is 13.5. The average molecular weight is 380 g/mol. The van der Waals surface area contributed by atoms with Crippen molar-refractivity contribution in [1.82, 2.24) is 15.1 Å². The van der Waals surface area contributed by atoms with Crippen molar-refractivity contribution in [2.45, 2.75) is 25.3 Å². The molecule has 0 amide bonds. The summed E-state index contributed by atoms with van der Waals surface area (Å²) in [6, 6.07) is 8.80. The van der Waals surface area contributed by atoms with Crippen LogP contribution in [0.1, 0.15) is 29.9 Å². The number of hydrogen-bond donors (Lipinski definition) is 2. The number of nitrogens with one attached hydrogen (secondary N) is 2. The van der Waals surface area contributed by atoms with E-state index < -0.39 is 0 Å². The molecule has 0 aliphatic carbocycles. The Bertz CT molecular complexity index is 961. The molecular weight excluding hydrogens is 352 g/mol. The predicted octanol–water partition coefficient (Wildman–Crippen LogP) is 3.69. The second-order valence-corrected chi connectivity index (χ2v) is 7.27. The van der Waals surface area contributed by atoms with Gasteiger partial charge in [-0.05, 0) is 66.4 Å². The third-order valence-electron chi connectivity index (χ3n) is 5.50. The number of methoxy groups -OCH3 is 1. The maximum absolute atomic E-state index is 5.76. The lowest BCUT2D eigenvalue weighted by Gasteiger charge is -2.25. The van der Waals surface area contributed by atoms with Crippen LogP contribution in [0, 0.1) is 0 Å². The van der Waals surface area contributed by atoms with Gasteiger partial charge in [0.15, 0.2) is 0 Å². The number of benzene rings is 2. The van der Waals surface area contributed by atoms with E-state index >= 15 is 0 Å². The van der Waals surface area contributed by atoms with Gasteiger partial charge in [-0.3, -0.25) is 0 Å². The van der Waals surface area contributed by atoms with Crippen molar-refractivity contribution in [3.05, 3.63) is 47.8 Å². The lowest BCUT2D eigenvalue weighted by molar-refractivity contribution is 0.0856. The molecule has 0 unspecified atom stereocenters. The molecule has 6 nitrogen and oxygen atoms in total. The Morgan fingerprint density at radius 1 is 1.18 bits per heavy atom. The Kier molecular flexibility index (Phi) is 5.50. The quantitative estimate of drug-likeness (QED) is 0.683. The second kappa shape index (κ2) is 8.20. The lowest BCUT2D eigenvalue weighted by Crippen LogP contribution is -2.14. The summed E-state index contributed by atoms with van der Waals surface area (Å²) < 4.78 is 13.2. The molecule has 1 saturated heterocycles. The number of nitrogens with zero attached hydrogens (tertiary/aromatic N) is 2. The van der Waals surface area contributed by atoms with Crippen molar-refractivity contribution < 1.29 is 9.47 Å². The predicted molar refractivity (Wildman–Crippen MR) is 113 cm³/mol. The lowest BCUT2D eigenvalue weighted by atomic mass is 9.87. The number of fused-ring (bicyclic) bond motifs is 1. The standard InChI is InChI=1S/C22H28N4O2/c1-23-12-15-13-25-26(14-15)21-9-17-8-18(24-2)10-19(16-4-6-28-7-5-16)20(17)11-22(21)27-3/h8-11,13-14,16,23-24H,4-7,12H2,1-3H3. The summed E-state index contributed by atoms with van der Waals surface area (Å²) >= 11 is 0. The monoisotopic (exact) mass is 380 g/mol. The molecule has 0 radical (unpaired) electrons. The molecule has 1 aliphatic heterocycles. The van der Waals surface area contributed by atoms with Crippen molar-refractivity contribution >= 4 is 16.5 Å². The van der Waals surface area contributed by atoms with Crippen LogP contribution in [0.2, 0.25) is 0 Å². The van der Waals surface area contributed by atoms with Gasteiger partial charge in [-0.1, -0.05) is 0 Å². The Morgan fingerprint density at radius 2 is 2.00 bits per heavy atom. The van der Waals surface area contributed by atoms with Crippen molar-refractivity contribution in [1.29, 1.82) is 0 Å². The average Bonchev–Trinajstić information content (AvgIpc) is 3.21. The molecule has 1 fully saturated rings. The first kappa shape index (κ1) is 18.8. The van der Waals surface area contributed by atoms with E-state index in [2.05, 4.69) is 40.0 Å². The number of anilines is 1. The summed E-state index contributed by atoms with van der Waals surface area (Å²) in [5.74, 6) is 1.34. The van der Waals surface area contributed by atoms with Crippen LogP contribution in [-0.4, -0.2) is 44.2 Å². The molecule has 0 bridgehead atoms. The van der Waals surface area contributed by atoms with Gasteiger partial charge in [0, 0.05) is 44.3 Å². The normalized spacial score (nSPS) is 15.1. The van der Waals surface area contributed by atoms with Gasteiger partial charge in [-0.25, -0.2) is 4.68 Å². The summed E-state index contributed by atoms with van der Waals surface area (Å²) in [4.78, 5) is 0. The van der Waals surface area contributed by atoms with Crippen LogP contribution in [-0.2, 0) is 11.3 Å². The zero-order valence-electron chi connectivity index (χ0n) is 16.8. The minimum absolute atomic E-state index is 0.507. The molecule has 1 aromatic heterocycles. The van der Waals surface area contributed by atoms with E-state index in [4.69, 9.17) is 9.47 Å². The molecule has 0 spiro atoms. The zero-order chi connectivity index (χ0) is 19.5. The maximum Gasteiger partial charge on any atom is 0.145 e. The van der Waals surface area contributed by atoms with E-state index in [-0.39, 0.29) is 0 Å². The van der Waals surface area contributed by atoms with Crippen LogP contribution >= 0.6 is 0 Å². The fourth-order valence-corrected chi connectivity index (χ4v) is 4.03. The third kappa shape index (κ3) is 3.57. The van der Waals surface area contributed by atoms with Gasteiger partial charge in [-0.2, -0.15) is 5.10 Å². The fraction of sp³-hybridized carbons (Fsp3) is 0.409. The number of rotatable bonds is 6. The Morgan fingerprint density at radius 3 is 2.71 bits per heavy atom. The largest absolute Gasteiger partial charge is 0.494 e. The molecule has 4 rings (SSSR count). The van der Waals surface area contributed by atoms with Gasteiger partial charge in [0.2, 0.25) is 0 Å². The van der Waals surface area contributed by atoms with Crippen molar-refractivity contribution in [3.63, 3.8) is 0 Å². The van der Waals surface area contributed by atoms with Crippen LogP contribution < -0.4 is 15.4 Å². The van der Waals surface area contributed by atoms with Crippen LogP contribution in [0.3, 0.4) is 0 Å². The molecule has 2 heterocycles. The molecule has 6 heteroatoms. The van der Waals surface area contributed by atoms with E-state index in [1.807, 2.05) is 31.2 Å². The molecule has 0 saturated carbocycles. The molecule has 2 N–H and O–H groups in total. The molecular formula is C22H28N4O2. The van der Waals surface area contributed by atoms with Gasteiger partial charge in [0.05, 0.1) is 13.3 Å². The number of hydrogen-bond acceptors (Lipinski definition) is 5. The number of ether oxygens (including phenoxy) is 2. The molecule has 0 atom stereocenters. The van der Waals surface area contributed by atoms with E-state index in [0.29, 0.717) is 5.92 Å². The highest BCUT2D eigenvalue weighted by Crippen LogP contribution is 2.38. The third-order valence-corrected chi connectivity index (χ3v) is 5.50. The molecule has 148 valence electrons. The van der Waals surface area contributed by atoms with Crippen molar-refractivity contribution in [2.75, 3.05) is 39.7 Å². The van der Waals surface area contributed by atoms with Gasteiger partial charge in [-0.15, -0.1) is 0 Å². The second-order valence-electron chi connectivity index (χ2n) is 7.27. The van der Waals surface area contributed by atoms with Gasteiger partial charge in [0.25, 0.3) is 0 Å². The summed E-state index contributed by atoms with van der Waals surface area (Å²) in [6.45, 7) is 2.44. The van der Waals surface area contributed by atoms with Crippen LogP contribution in [0.25, 0.3) is 16.5 Å². The maximum atomic E-state index is 5.76. The fourth-order valence-electron chi connectivity index (χ4n) is 4.03. The van der Waals surface area contributed by atoms with E-state index in [0.717, 1.165) is 55.3 Å². The first-order chi connectivity index (χ1) is 13.7. The highest BCUT2D eigenvalue weighted by Gasteiger charge is 2.20. The van der Waals surface area contributed by atoms with Crippen LogP contribution in [0.4, 0.5) is 5.69 Å². The zero-order valence-corrected chi connectivity index (χ0v) is 16.8. The van der Waals surface area contributed by atoms with Crippen LogP contribution in [0.5, 0.6) is 5.75 Å². The summed E-state index contributed by atoms with van der Waals surface area (Å²) in [6.07, 6.45) is 6.04. The summed E-state index contributed by atoms with van der Waals surface area (Å²) in [7, 11) is 5.63. The summed E-state index contributed by atoms with van der Waals surface area (Å²) in [5.41, 5.74) is 4.58. The van der Waals surface area contributed by atoms with E-state index in [9.17, 15) is 0 Å².